The number of carbonyl (C=O) groups is 2. The van der Waals surface area contributed by atoms with Crippen molar-refractivity contribution in [2.45, 2.75) is 31.9 Å². The van der Waals surface area contributed by atoms with Crippen LogP contribution in [0, 0.1) is 0 Å². The van der Waals surface area contributed by atoms with Crippen molar-refractivity contribution in [2.24, 2.45) is 5.73 Å². The monoisotopic (exact) mass is 506 g/mol. The molecule has 8 nitrogen and oxygen atoms in total. The van der Waals surface area contributed by atoms with Gasteiger partial charge < -0.3 is 26.5 Å². The number of halogens is 3. The second-order valence-corrected chi connectivity index (χ2v) is 7.80. The number of anilines is 3. The van der Waals surface area contributed by atoms with Crippen molar-refractivity contribution in [2.75, 3.05) is 10.0 Å². The summed E-state index contributed by atoms with van der Waals surface area (Å²) >= 11 is -2.80. The molecule has 1 aliphatic rings. The molecule has 1 unspecified atom stereocenters. The van der Waals surface area contributed by atoms with Crippen LogP contribution in [-0.2, 0) is 22.2 Å². The van der Waals surface area contributed by atoms with Crippen LogP contribution in [0.1, 0.15) is 43.0 Å². The average Bonchev–Trinajstić information content (AvgIpc) is 2.75. The van der Waals surface area contributed by atoms with E-state index in [1.54, 1.807) is 6.08 Å². The number of esters is 1. The normalized spacial score (nSPS) is 14.3. The van der Waals surface area contributed by atoms with E-state index in [0.717, 1.165) is 37.1 Å². The third-order valence-corrected chi connectivity index (χ3v) is 5.23. The molecule has 0 spiro atoms. The molecule has 2 aromatic carbocycles. The maximum absolute atomic E-state index is 12.8. The second-order valence-electron chi connectivity index (χ2n) is 7.13. The standard InChI is InChI=1S/C21H20F3N3O5S.Na.H/c22-21(23,24)13-6-8-14(9-7-13)26-18-15(27-33(30)31)10-11-16(17(18)19(25)28)32-20(29)12-4-2-1-3-5-12;;/h4,6-11,26-27H,1-3,5H2,(H2,25,28)(H,30,31);;/q;+1;-1/p-1. The second kappa shape index (κ2) is 11.8. The van der Waals surface area contributed by atoms with Crippen LogP contribution in [0.5, 0.6) is 5.75 Å². The molecule has 1 amide bonds. The topological polar surface area (TPSA) is 134 Å². The van der Waals surface area contributed by atoms with Gasteiger partial charge in [-0.25, -0.2) is 4.79 Å². The van der Waals surface area contributed by atoms with Gasteiger partial charge in [0.15, 0.2) is 0 Å². The van der Waals surface area contributed by atoms with E-state index in [1.807, 2.05) is 0 Å². The molecule has 3 rings (SSSR count). The Labute approximate surface area is 219 Å². The number of allylic oxidation sites excluding steroid dienone is 1. The summed E-state index contributed by atoms with van der Waals surface area (Å²) in [7, 11) is 0. The van der Waals surface area contributed by atoms with Gasteiger partial charge in [-0.3, -0.25) is 9.00 Å². The van der Waals surface area contributed by atoms with Crippen molar-refractivity contribution < 1.29 is 67.2 Å². The van der Waals surface area contributed by atoms with Crippen LogP contribution in [0.25, 0.3) is 0 Å². The number of ether oxygens (including phenoxy) is 1. The van der Waals surface area contributed by atoms with Gasteiger partial charge in [0.1, 0.15) is 11.3 Å². The van der Waals surface area contributed by atoms with Crippen molar-refractivity contribution in [1.82, 2.24) is 0 Å². The van der Waals surface area contributed by atoms with Gasteiger partial charge in [0, 0.05) is 22.5 Å². The van der Waals surface area contributed by atoms with E-state index >= 15 is 0 Å². The fourth-order valence-electron chi connectivity index (χ4n) is 3.29. The van der Waals surface area contributed by atoms with Crippen LogP contribution >= 0.6 is 0 Å². The smallest absolute Gasteiger partial charge is 1.00 e. The molecule has 0 fully saturated rings. The summed E-state index contributed by atoms with van der Waals surface area (Å²) in [5.74, 6) is -1.95. The largest absolute Gasteiger partial charge is 1.00 e. The third kappa shape index (κ3) is 7.06. The van der Waals surface area contributed by atoms with E-state index in [1.165, 1.54) is 12.1 Å². The van der Waals surface area contributed by atoms with Crippen LogP contribution in [0.4, 0.5) is 30.2 Å². The molecule has 1 aliphatic carbocycles. The number of carbonyl (C=O) groups excluding carboxylic acids is 2. The first-order chi connectivity index (χ1) is 15.6. The first kappa shape index (κ1) is 27.9. The summed E-state index contributed by atoms with van der Waals surface area (Å²) in [4.78, 5) is 24.8. The molecule has 2 aromatic rings. The maximum atomic E-state index is 12.8. The minimum atomic E-state index is -4.55. The molecule has 0 saturated carbocycles. The Balaban J connectivity index is 0.00000306. The Morgan fingerprint density at radius 3 is 2.32 bits per heavy atom. The van der Waals surface area contributed by atoms with Crippen LogP contribution < -0.4 is 50.1 Å². The molecular formula is C21H20F3N3NaO5S-. The Bertz CT molecular complexity index is 1130. The minimum absolute atomic E-state index is 0. The molecule has 1 atom stereocenters. The molecule has 34 heavy (non-hydrogen) atoms. The van der Waals surface area contributed by atoms with E-state index in [0.29, 0.717) is 18.4 Å². The summed E-state index contributed by atoms with van der Waals surface area (Å²) in [6, 6.07) is 6.24. The van der Waals surface area contributed by atoms with Gasteiger partial charge >= 0.3 is 41.7 Å². The predicted molar refractivity (Wildman–Crippen MR) is 116 cm³/mol. The van der Waals surface area contributed by atoms with E-state index in [9.17, 15) is 31.5 Å². The first-order valence-electron chi connectivity index (χ1n) is 9.74. The Kier molecular flexibility index (Phi) is 9.71. The number of benzene rings is 2. The van der Waals surface area contributed by atoms with Crippen LogP contribution in [0.2, 0.25) is 0 Å². The molecule has 4 N–H and O–H groups in total. The number of primary amides is 1. The summed E-state index contributed by atoms with van der Waals surface area (Å²) in [5, 5.41) is 2.69. The fourth-order valence-corrected chi connectivity index (χ4v) is 3.64. The summed E-state index contributed by atoms with van der Waals surface area (Å²) in [5.41, 5.74) is 4.46. The number of alkyl halides is 3. The van der Waals surface area contributed by atoms with Gasteiger partial charge in [-0.15, -0.1) is 0 Å². The summed E-state index contributed by atoms with van der Waals surface area (Å²) < 4.78 is 68.4. The van der Waals surface area contributed by atoms with Crippen molar-refractivity contribution in [3.63, 3.8) is 0 Å². The van der Waals surface area contributed by atoms with Gasteiger partial charge in [-0.1, -0.05) is 6.08 Å². The molecule has 178 valence electrons. The Hall–Kier alpha value is -2.38. The molecule has 0 aromatic heterocycles. The molecule has 0 radical (unpaired) electrons. The zero-order valence-electron chi connectivity index (χ0n) is 19.0. The maximum Gasteiger partial charge on any atom is 1.00 e. The molecule has 0 saturated heterocycles. The molecule has 0 aliphatic heterocycles. The minimum Gasteiger partial charge on any atom is -1.00 e. The SMILES string of the molecule is NC(=O)c1c(OC(=O)C2=CCCCC2)ccc(NS(=O)[O-])c1Nc1ccc(C(F)(F)F)cc1.[H-].[Na+]. The number of nitrogens with one attached hydrogen (secondary N) is 2. The van der Waals surface area contributed by atoms with Crippen molar-refractivity contribution >= 4 is 40.2 Å². The summed E-state index contributed by atoms with van der Waals surface area (Å²) in [6.45, 7) is 0. The van der Waals surface area contributed by atoms with Gasteiger partial charge in [-0.2, -0.15) is 13.2 Å². The third-order valence-electron chi connectivity index (χ3n) is 4.84. The van der Waals surface area contributed by atoms with Gasteiger partial charge in [0.05, 0.1) is 16.9 Å². The van der Waals surface area contributed by atoms with E-state index in [-0.39, 0.29) is 59.4 Å². The fraction of sp³-hybridized carbons (Fsp3) is 0.238. The molecule has 13 heteroatoms. The Morgan fingerprint density at radius 2 is 1.79 bits per heavy atom. The average molecular weight is 506 g/mol. The van der Waals surface area contributed by atoms with Gasteiger partial charge in [0.2, 0.25) is 0 Å². The zero-order chi connectivity index (χ0) is 24.2. The molecular weight excluding hydrogens is 486 g/mol. The quantitative estimate of drug-likeness (QED) is 0.224. The number of rotatable bonds is 7. The first-order valence-corrected chi connectivity index (χ1v) is 10.8. The number of hydrogen-bond donors (Lipinski definition) is 3. The Morgan fingerprint density at radius 1 is 1.12 bits per heavy atom. The van der Waals surface area contributed by atoms with Crippen molar-refractivity contribution in [1.29, 1.82) is 0 Å². The van der Waals surface area contributed by atoms with E-state index in [4.69, 9.17) is 10.5 Å². The van der Waals surface area contributed by atoms with Crippen molar-refractivity contribution in [3.05, 3.63) is 59.2 Å². The molecule has 0 bridgehead atoms. The van der Waals surface area contributed by atoms with Gasteiger partial charge in [-0.05, 0) is 62.1 Å². The number of nitrogens with two attached hydrogens (primary N) is 1. The number of hydrogen-bond acceptors (Lipinski definition) is 6. The van der Waals surface area contributed by atoms with Crippen LogP contribution in [0.15, 0.2) is 48.0 Å². The summed E-state index contributed by atoms with van der Waals surface area (Å²) in [6.07, 6.45) is 0.167. The van der Waals surface area contributed by atoms with Gasteiger partial charge in [0.25, 0.3) is 5.91 Å². The number of amides is 1. The predicted octanol–water partition coefficient (Wildman–Crippen LogP) is 1.28. The van der Waals surface area contributed by atoms with E-state index < -0.39 is 34.9 Å². The molecule has 0 heterocycles. The zero-order valence-corrected chi connectivity index (χ0v) is 20.8. The van der Waals surface area contributed by atoms with E-state index in [2.05, 4.69) is 10.0 Å². The van der Waals surface area contributed by atoms with Crippen LogP contribution in [0.3, 0.4) is 0 Å². The van der Waals surface area contributed by atoms with Crippen molar-refractivity contribution in [3.8, 4) is 5.75 Å². The van der Waals surface area contributed by atoms with Crippen LogP contribution in [-0.4, -0.2) is 20.6 Å².